The molecule has 0 aliphatic carbocycles. The molecule has 4 saturated heterocycles. The molecule has 13 N–H and O–H groups in total. The molecule has 7 unspecified atom stereocenters. The van der Waals surface area contributed by atoms with Gasteiger partial charge in [0.1, 0.15) is 91.1 Å². The summed E-state index contributed by atoms with van der Waals surface area (Å²) >= 11 is 0. The molecule has 5 aromatic heterocycles. The number of rotatable bonds is 25. The highest BCUT2D eigenvalue weighted by Gasteiger charge is 2.49. The van der Waals surface area contributed by atoms with Crippen molar-refractivity contribution in [3.63, 3.8) is 0 Å². The maximum absolute atomic E-state index is 14.1. The lowest BCUT2D eigenvalue weighted by atomic mass is 9.93. The molecule has 42 heteroatoms. The van der Waals surface area contributed by atoms with E-state index in [9.17, 15) is 61.9 Å². The number of imidazole rings is 1. The lowest BCUT2D eigenvalue weighted by molar-refractivity contribution is -0.0630. The number of nitrogens with two attached hydrogens (primary N) is 3. The molecule has 5 aromatic rings. The van der Waals surface area contributed by atoms with Gasteiger partial charge >= 0.3 is 48.4 Å². The van der Waals surface area contributed by atoms with Crippen molar-refractivity contribution in [1.29, 1.82) is 0 Å². The molecule has 0 aromatic carbocycles. The quantitative estimate of drug-likeness (QED) is 0.0350. The normalized spacial score (nSPS) is 28.5. The molecule has 0 saturated carbocycles. The van der Waals surface area contributed by atoms with Gasteiger partial charge in [-0.05, 0) is 39.3 Å². The van der Waals surface area contributed by atoms with Crippen LogP contribution in [0.3, 0.4) is 0 Å². The number of fused-ring (bicyclic) bond motifs is 1. The second-order valence-electron chi connectivity index (χ2n) is 21.4. The minimum Gasteiger partial charge on any atom is -0.383 e. The van der Waals surface area contributed by atoms with E-state index >= 15 is 0 Å². The summed E-state index contributed by atoms with van der Waals surface area (Å²) in [5, 5.41) is 3.43. The highest BCUT2D eigenvalue weighted by molar-refractivity contribution is 7.48. The lowest BCUT2D eigenvalue weighted by Crippen LogP contribution is -2.47. The van der Waals surface area contributed by atoms with Crippen molar-refractivity contribution in [3.8, 4) is 0 Å². The Kier molecular flexibility index (Phi) is 19.4. The summed E-state index contributed by atoms with van der Waals surface area (Å²) in [6.45, 7) is 6.18. The molecule has 0 bridgehead atoms. The van der Waals surface area contributed by atoms with Crippen LogP contribution in [0.4, 0.5) is 17.5 Å². The third-order valence-electron chi connectivity index (χ3n) is 13.9. The number of hydrogen-bond acceptors (Lipinski definition) is 28. The fourth-order valence-electron chi connectivity index (χ4n) is 10.4. The minimum absolute atomic E-state index is 0.0219. The van der Waals surface area contributed by atoms with E-state index in [4.69, 9.17) is 67.8 Å². The zero-order valence-electron chi connectivity index (χ0n) is 46.2. The van der Waals surface area contributed by atoms with E-state index in [-0.39, 0.29) is 47.4 Å². The van der Waals surface area contributed by atoms with Gasteiger partial charge in [0, 0.05) is 61.4 Å². The molecule has 38 nitrogen and oxygen atoms in total. The third kappa shape index (κ3) is 16.1. The number of H-pyrrole nitrogens is 1. The molecular formula is C44H64N14O24P4. The van der Waals surface area contributed by atoms with E-state index in [0.29, 0.717) is 5.65 Å². The van der Waals surface area contributed by atoms with Crippen LogP contribution < -0.4 is 45.1 Å². The smallest absolute Gasteiger partial charge is 0.383 e. The van der Waals surface area contributed by atoms with Gasteiger partial charge in [0.05, 0.1) is 32.3 Å². The van der Waals surface area contributed by atoms with Gasteiger partial charge in [-0.2, -0.15) is 9.97 Å². The number of ether oxygens (including phenoxy) is 4. The maximum atomic E-state index is 14.1. The van der Waals surface area contributed by atoms with E-state index in [2.05, 4.69) is 35.2 Å². The van der Waals surface area contributed by atoms with Crippen LogP contribution in [-0.4, -0.2) is 153 Å². The summed E-state index contributed by atoms with van der Waals surface area (Å²) in [7, 11) is -21.3. The molecule has 4 aliphatic rings. The van der Waals surface area contributed by atoms with Gasteiger partial charge in [-0.15, -0.1) is 0 Å². The number of nitrogen functional groups attached to an aromatic ring is 3. The van der Waals surface area contributed by atoms with Crippen LogP contribution in [0, 0.1) is 6.92 Å². The average molecular weight is 1300 g/mol. The number of aryl methyl sites for hydroxylation is 1. The summed E-state index contributed by atoms with van der Waals surface area (Å²) in [6.07, 6.45) is -11.5. The largest absolute Gasteiger partial charge is 0.472 e. The molecule has 9 heterocycles. The minimum atomic E-state index is -5.45. The second-order valence-corrected chi connectivity index (χ2v) is 26.8. The Balaban J connectivity index is 0.907. The topological polar surface area (TPSA) is 529 Å². The van der Waals surface area contributed by atoms with Crippen molar-refractivity contribution in [2.75, 3.05) is 37.0 Å². The van der Waals surface area contributed by atoms with E-state index < -0.39 is 172 Å². The van der Waals surface area contributed by atoms with Crippen LogP contribution in [-0.2, 0) is 68.9 Å². The van der Waals surface area contributed by atoms with Crippen LogP contribution in [0.15, 0.2) is 62.6 Å². The van der Waals surface area contributed by atoms with Crippen molar-refractivity contribution in [3.05, 3.63) is 90.7 Å². The number of anilines is 3. The van der Waals surface area contributed by atoms with Crippen LogP contribution in [0.1, 0.15) is 90.3 Å². The highest BCUT2D eigenvalue weighted by atomic mass is 31.2. The van der Waals surface area contributed by atoms with E-state index in [1.807, 2.05) is 27.7 Å². The first-order valence-electron chi connectivity index (χ1n) is 26.2. The maximum Gasteiger partial charge on any atom is 0.472 e. The molecule has 4 fully saturated rings. The number of hydrogen-bond donors (Lipinski definition) is 10. The molecule has 9 rings (SSSR count). The summed E-state index contributed by atoms with van der Waals surface area (Å²) in [4.78, 5) is 126. The predicted molar refractivity (Wildman–Crippen MR) is 292 cm³/mol. The van der Waals surface area contributed by atoms with E-state index in [1.165, 1.54) is 44.1 Å². The zero-order chi connectivity index (χ0) is 62.4. The summed E-state index contributed by atoms with van der Waals surface area (Å²) in [5.41, 5.74) is 13.8. The van der Waals surface area contributed by atoms with Gasteiger partial charge in [-0.25, -0.2) is 47.6 Å². The van der Waals surface area contributed by atoms with Crippen LogP contribution >= 0.6 is 31.3 Å². The van der Waals surface area contributed by atoms with Gasteiger partial charge < -0.3 is 65.9 Å². The monoisotopic (exact) mass is 1300 g/mol. The molecule has 0 spiro atoms. The molecular weight excluding hydrogens is 1230 g/mol. The van der Waals surface area contributed by atoms with Gasteiger partial charge in [0.25, 0.3) is 5.56 Å². The Bertz CT molecular complexity index is 3730. The van der Waals surface area contributed by atoms with Gasteiger partial charge in [0.15, 0.2) is 11.5 Å². The second kappa shape index (κ2) is 25.6. The molecule has 474 valence electrons. The van der Waals surface area contributed by atoms with Gasteiger partial charge in [-0.1, -0.05) is 13.8 Å². The number of phosphoric acid groups is 4. The Morgan fingerprint density at radius 3 is 1.53 bits per heavy atom. The molecule has 0 amide bonds. The van der Waals surface area contributed by atoms with Crippen molar-refractivity contribution >= 4 is 59.9 Å². The molecule has 0 radical (unpaired) electrons. The number of nitrogens with zero attached hydrogens (tertiary/aromatic N) is 9. The summed E-state index contributed by atoms with van der Waals surface area (Å²) in [5.74, 6) is -0.221. The van der Waals surface area contributed by atoms with Gasteiger partial charge in [0.2, 0.25) is 0 Å². The first-order chi connectivity index (χ1) is 40.2. The predicted octanol–water partition coefficient (Wildman–Crippen LogP) is 0.247. The van der Waals surface area contributed by atoms with E-state index in [1.54, 1.807) is 4.57 Å². The Morgan fingerprint density at radius 1 is 0.651 bits per heavy atom. The van der Waals surface area contributed by atoms with E-state index in [0.717, 1.165) is 19.9 Å². The Morgan fingerprint density at radius 2 is 1.08 bits per heavy atom. The number of phosphoric ester groups is 4. The highest BCUT2D eigenvalue weighted by Crippen LogP contribution is 2.54. The third-order valence-corrected chi connectivity index (χ3v) is 17.5. The standard InChI is InChI=1S/C44H64N14O24P4/c1-21(2)54-44(4,5)14-27-23(10-36(75-27)58-20-50-37-38(47)48-19-49-39(37)58)80-84(66,67)73-18-30-26(13-35(78-30)57-15-22(3)40(59)53-43(57)62)82-86(70,71)74-17-29-25(12-34(77-29)56-9-7-32(46)52-42(56)61)81-85(68,69)72-16-28-24(79-83(63,64)65)11-33(76-28)55-8-6-31(45)51-41(55)60/h6-9,15,19-21,23-30,33-36,54H,10-14,16-18H2,1-5H3,(H,66,67)(H,68,69)(H,70,71)(H2,45,51,60)(H2,46,52,61)(H2,47,48,49)(H,53,59,62)(H2,63,64,65)/t23?,24?,25?,26?,27-,28-,29-,30-,33-,34-,35-,36-/m1/s1. The summed E-state index contributed by atoms with van der Waals surface area (Å²) < 4.78 is 120. The van der Waals surface area contributed by atoms with Crippen molar-refractivity contribution in [1.82, 2.24) is 53.5 Å². The molecule has 15 atom stereocenters. The lowest BCUT2D eigenvalue weighted by Gasteiger charge is -2.33. The average Bonchev–Trinajstić information content (AvgIpc) is 4.45. The first-order valence-corrected chi connectivity index (χ1v) is 32.3. The number of aromatic nitrogens is 10. The Hall–Kier alpha value is -5.37. The first kappa shape index (κ1) is 65.1. The Labute approximate surface area is 485 Å². The molecule has 4 aliphatic heterocycles. The fraction of sp³-hybridized carbons (Fsp3) is 0.614. The zero-order valence-corrected chi connectivity index (χ0v) is 49.8. The number of aromatic amines is 1. The fourth-order valence-corrected chi connectivity index (χ4v) is 13.8. The summed E-state index contributed by atoms with van der Waals surface area (Å²) in [6, 6.07) is 2.48. The van der Waals surface area contributed by atoms with Crippen molar-refractivity contribution in [2.24, 2.45) is 0 Å². The van der Waals surface area contributed by atoms with Crippen LogP contribution in [0.5, 0.6) is 0 Å². The van der Waals surface area contributed by atoms with Crippen molar-refractivity contribution in [2.45, 2.75) is 152 Å². The SMILES string of the molecule is Cc1cn([C@H]2CC(OP(=O)(O)OC[C@H]3O[C@@H](n4ccc(N)nc4=O)CC3OP(=O)(O)OC[C@H]3O[C@@H](n4ccc(N)nc4=O)CC3OP(=O)(O)O)[C@@H](COP(=O)(O)OC3C[C@H](n4cnc5c(N)ncnc54)O[C@@H]3CC(C)(C)NC(C)C)O2)c(=O)[nH]c1=O. The van der Waals surface area contributed by atoms with Crippen LogP contribution in [0.25, 0.3) is 11.2 Å². The van der Waals surface area contributed by atoms with Crippen LogP contribution in [0.2, 0.25) is 0 Å². The number of nitrogens with one attached hydrogen (secondary N) is 2. The van der Waals surface area contributed by atoms with Gasteiger partial charge in [-0.3, -0.25) is 59.7 Å². The van der Waals surface area contributed by atoms with Crippen molar-refractivity contribution < 1.29 is 93.3 Å². The molecule has 86 heavy (non-hydrogen) atoms.